The molecule has 0 spiro atoms. The molecule has 2 rings (SSSR count). The number of likely N-dealkylation sites (tertiary alicyclic amines) is 1. The first-order chi connectivity index (χ1) is 8.29. The van der Waals surface area contributed by atoms with E-state index in [9.17, 15) is 0 Å². The molecule has 0 N–H and O–H groups in total. The molecule has 0 unspecified atom stereocenters. The topological polar surface area (TPSA) is 12.5 Å². The summed E-state index contributed by atoms with van der Waals surface area (Å²) in [7, 11) is 1.69. The molecule has 0 aliphatic carbocycles. The standard InChI is InChI=1S/C14H17NOSe/c1-16-13-6-4-12(5-7-13)14(17)8-11-15-9-2-3-10-15/h4-8,11H,2-3,9-10H2,1H3/b11-8+. The molecular weight excluding hydrogens is 277 g/mol. The first-order valence-corrected chi connectivity index (χ1v) is 6.76. The van der Waals surface area contributed by atoms with Crippen molar-refractivity contribution in [2.24, 2.45) is 0 Å². The Kier molecular flexibility index (Phi) is 4.41. The normalized spacial score (nSPS) is 15.5. The number of nitrogens with zero attached hydrogens (tertiary/aromatic N) is 1. The SMILES string of the molecule is COc1ccc(C(=[Se])/C=C/N2CCCC2)cc1. The van der Waals surface area contributed by atoms with Crippen LogP contribution in [0.15, 0.2) is 36.5 Å². The molecule has 0 aromatic heterocycles. The van der Waals surface area contributed by atoms with Crippen LogP contribution in [0.3, 0.4) is 0 Å². The molecule has 2 nitrogen and oxygen atoms in total. The van der Waals surface area contributed by atoms with Gasteiger partial charge in [0, 0.05) is 0 Å². The summed E-state index contributed by atoms with van der Waals surface area (Å²) in [5.41, 5.74) is 1.20. The summed E-state index contributed by atoms with van der Waals surface area (Å²) in [5.74, 6) is 0.894. The Morgan fingerprint density at radius 1 is 1.24 bits per heavy atom. The molecule has 3 heteroatoms. The van der Waals surface area contributed by atoms with Gasteiger partial charge < -0.3 is 0 Å². The van der Waals surface area contributed by atoms with Gasteiger partial charge in [-0.05, 0) is 0 Å². The summed E-state index contributed by atoms with van der Waals surface area (Å²) in [6, 6.07) is 8.10. The summed E-state index contributed by atoms with van der Waals surface area (Å²) >= 11 is 3.12. The number of hydrogen-bond acceptors (Lipinski definition) is 2. The molecule has 1 saturated heterocycles. The third kappa shape index (κ3) is 3.45. The molecule has 17 heavy (non-hydrogen) atoms. The summed E-state index contributed by atoms with van der Waals surface area (Å²) in [4.78, 5) is 2.36. The van der Waals surface area contributed by atoms with Crippen LogP contribution in [0.2, 0.25) is 0 Å². The van der Waals surface area contributed by atoms with E-state index in [-0.39, 0.29) is 0 Å². The molecule has 0 saturated carbocycles. The zero-order valence-corrected chi connectivity index (χ0v) is 11.8. The van der Waals surface area contributed by atoms with Crippen LogP contribution in [0.5, 0.6) is 5.75 Å². The fourth-order valence-electron chi connectivity index (χ4n) is 1.92. The average Bonchev–Trinajstić information content (AvgIpc) is 2.89. The van der Waals surface area contributed by atoms with Crippen LogP contribution < -0.4 is 4.74 Å². The van der Waals surface area contributed by atoms with Gasteiger partial charge in [0.05, 0.1) is 0 Å². The van der Waals surface area contributed by atoms with Gasteiger partial charge in [-0.2, -0.15) is 0 Å². The first kappa shape index (κ1) is 12.4. The number of allylic oxidation sites excluding steroid dienone is 1. The summed E-state index contributed by atoms with van der Waals surface area (Å²) < 4.78 is 6.31. The van der Waals surface area contributed by atoms with Crippen molar-refractivity contribution in [3.63, 3.8) is 0 Å². The van der Waals surface area contributed by atoms with Crippen LogP contribution in [0.25, 0.3) is 0 Å². The van der Waals surface area contributed by atoms with Gasteiger partial charge in [-0.25, -0.2) is 0 Å². The van der Waals surface area contributed by atoms with E-state index in [1.54, 1.807) is 7.11 Å². The fourth-order valence-corrected chi connectivity index (χ4v) is 2.33. The van der Waals surface area contributed by atoms with E-state index in [4.69, 9.17) is 4.74 Å². The quantitative estimate of drug-likeness (QED) is 0.788. The van der Waals surface area contributed by atoms with Crippen molar-refractivity contribution in [1.29, 1.82) is 0 Å². The summed E-state index contributed by atoms with van der Waals surface area (Å²) in [6.45, 7) is 2.37. The molecule has 1 aromatic rings. The van der Waals surface area contributed by atoms with Crippen LogP contribution in [0.4, 0.5) is 0 Å². The molecule has 0 amide bonds. The Labute approximate surface area is 111 Å². The second-order valence-electron chi connectivity index (χ2n) is 4.15. The Morgan fingerprint density at radius 2 is 1.88 bits per heavy atom. The maximum atomic E-state index is 5.14. The third-order valence-electron chi connectivity index (χ3n) is 2.95. The zero-order chi connectivity index (χ0) is 12.1. The van der Waals surface area contributed by atoms with Gasteiger partial charge in [-0.15, -0.1) is 0 Å². The van der Waals surface area contributed by atoms with E-state index < -0.39 is 0 Å². The minimum absolute atomic E-state index is 0.894. The van der Waals surface area contributed by atoms with E-state index in [1.165, 1.54) is 35.9 Å². The summed E-state index contributed by atoms with van der Waals surface area (Å²) in [5, 5.41) is 0. The van der Waals surface area contributed by atoms with E-state index in [1.807, 2.05) is 12.1 Å². The average molecular weight is 294 g/mol. The summed E-state index contributed by atoms with van der Waals surface area (Å²) in [6.07, 6.45) is 6.96. The zero-order valence-electron chi connectivity index (χ0n) is 10.1. The fraction of sp³-hybridized carbons (Fsp3) is 0.357. The predicted molar refractivity (Wildman–Crippen MR) is 72.8 cm³/mol. The van der Waals surface area contributed by atoms with Gasteiger partial charge >= 0.3 is 111 Å². The molecule has 1 aliphatic rings. The van der Waals surface area contributed by atoms with Gasteiger partial charge in [-0.1, -0.05) is 0 Å². The van der Waals surface area contributed by atoms with Crippen molar-refractivity contribution < 1.29 is 4.74 Å². The van der Waals surface area contributed by atoms with Crippen LogP contribution in [0.1, 0.15) is 18.4 Å². The molecular formula is C14H17NOSe. The van der Waals surface area contributed by atoms with Crippen molar-refractivity contribution in [3.8, 4) is 5.75 Å². The predicted octanol–water partition coefficient (Wildman–Crippen LogP) is 1.99. The number of ether oxygens (including phenoxy) is 1. The molecule has 1 heterocycles. The van der Waals surface area contributed by atoms with Crippen LogP contribution >= 0.6 is 0 Å². The third-order valence-corrected chi connectivity index (χ3v) is 3.73. The van der Waals surface area contributed by atoms with Crippen LogP contribution in [-0.4, -0.2) is 45.1 Å². The van der Waals surface area contributed by atoms with E-state index in [0.717, 1.165) is 5.75 Å². The molecule has 1 fully saturated rings. The van der Waals surface area contributed by atoms with E-state index >= 15 is 0 Å². The molecule has 0 radical (unpaired) electrons. The number of hydrogen-bond donors (Lipinski definition) is 0. The van der Waals surface area contributed by atoms with Gasteiger partial charge in [0.2, 0.25) is 0 Å². The van der Waals surface area contributed by atoms with E-state index in [2.05, 4.69) is 44.9 Å². The molecule has 1 aliphatic heterocycles. The Bertz CT molecular complexity index is 405. The van der Waals surface area contributed by atoms with Crippen molar-refractivity contribution in [2.75, 3.05) is 20.2 Å². The number of methoxy groups -OCH3 is 1. The van der Waals surface area contributed by atoms with Crippen molar-refractivity contribution in [1.82, 2.24) is 4.90 Å². The van der Waals surface area contributed by atoms with E-state index in [0.29, 0.717) is 0 Å². The minimum atomic E-state index is 0.894. The van der Waals surface area contributed by atoms with Crippen molar-refractivity contribution >= 4 is 20.0 Å². The van der Waals surface area contributed by atoms with Crippen LogP contribution in [0, 0.1) is 0 Å². The van der Waals surface area contributed by atoms with Gasteiger partial charge in [0.25, 0.3) is 0 Å². The van der Waals surface area contributed by atoms with Crippen molar-refractivity contribution in [3.05, 3.63) is 42.1 Å². The second-order valence-corrected chi connectivity index (χ2v) is 5.07. The van der Waals surface area contributed by atoms with Gasteiger partial charge in [-0.3, -0.25) is 0 Å². The number of benzene rings is 1. The van der Waals surface area contributed by atoms with Gasteiger partial charge in [0.15, 0.2) is 0 Å². The second kappa shape index (κ2) is 6.04. The Hall–Kier alpha value is -1.05. The van der Waals surface area contributed by atoms with Crippen molar-refractivity contribution in [2.45, 2.75) is 12.8 Å². The Morgan fingerprint density at radius 3 is 2.47 bits per heavy atom. The van der Waals surface area contributed by atoms with Crippen LogP contribution in [-0.2, 0) is 0 Å². The molecule has 0 atom stereocenters. The maximum absolute atomic E-state index is 5.14. The number of rotatable bonds is 4. The first-order valence-electron chi connectivity index (χ1n) is 5.90. The molecule has 0 bridgehead atoms. The Balaban J connectivity index is 1.98. The van der Waals surface area contributed by atoms with Gasteiger partial charge in [0.1, 0.15) is 0 Å². The molecule has 90 valence electrons. The molecule has 1 aromatic carbocycles. The monoisotopic (exact) mass is 295 g/mol.